The third-order valence-electron chi connectivity index (χ3n) is 5.83. The minimum absolute atomic E-state index is 0.182. The fraction of sp³-hybridized carbons (Fsp3) is 0.688. The second-order valence-electron chi connectivity index (χ2n) is 7.08. The van der Waals surface area contributed by atoms with Crippen LogP contribution in [0.15, 0.2) is 13.6 Å². The Labute approximate surface area is 146 Å². The summed E-state index contributed by atoms with van der Waals surface area (Å²) in [5.74, 6) is 3.58. The zero-order chi connectivity index (χ0) is 14.7. The largest absolute Gasteiger partial charge is 0.338 e. The summed E-state index contributed by atoms with van der Waals surface area (Å²) in [7, 11) is 2.02. The van der Waals surface area contributed by atoms with Gasteiger partial charge in [0.15, 0.2) is 0 Å². The maximum absolute atomic E-state index is 12.9. The third kappa shape index (κ3) is 2.43. The molecular weight excluding hydrogens is 414 g/mol. The van der Waals surface area contributed by atoms with Crippen LogP contribution in [-0.4, -0.2) is 23.9 Å². The van der Waals surface area contributed by atoms with Gasteiger partial charge in [-0.1, -0.05) is 0 Å². The molecule has 1 amide bonds. The average Bonchev–Trinajstić information content (AvgIpc) is 2.75. The first-order chi connectivity index (χ1) is 10.0. The molecule has 1 aromatic heterocycles. The number of nitrogens with zero attached hydrogens (tertiary/aromatic N) is 1. The molecule has 5 rings (SSSR count). The molecule has 4 aliphatic carbocycles. The van der Waals surface area contributed by atoms with Crippen molar-refractivity contribution in [3.63, 3.8) is 0 Å². The summed E-state index contributed by atoms with van der Waals surface area (Å²) in [4.78, 5) is 14.9. The van der Waals surface area contributed by atoms with Crippen LogP contribution in [0.25, 0.3) is 0 Å². The van der Waals surface area contributed by atoms with Crippen LogP contribution >= 0.6 is 43.2 Å². The Hall–Kier alpha value is 0.130. The summed E-state index contributed by atoms with van der Waals surface area (Å²) >= 11 is 8.58. The van der Waals surface area contributed by atoms with E-state index in [2.05, 4.69) is 36.8 Å². The molecule has 0 radical (unpaired) electrons. The van der Waals surface area contributed by atoms with E-state index in [9.17, 15) is 4.79 Å². The zero-order valence-corrected chi connectivity index (χ0v) is 16.0. The molecule has 5 heteroatoms. The average molecular weight is 433 g/mol. The van der Waals surface area contributed by atoms with E-state index in [1.165, 1.54) is 32.1 Å². The van der Waals surface area contributed by atoms with Gasteiger partial charge in [0.05, 0.1) is 13.1 Å². The molecular formula is C16H19Br2NOS. The van der Waals surface area contributed by atoms with E-state index < -0.39 is 0 Å². The molecule has 0 saturated heterocycles. The maximum atomic E-state index is 12.9. The fourth-order valence-electron chi connectivity index (χ4n) is 5.34. The first-order valence-electron chi connectivity index (χ1n) is 7.75. The molecule has 0 spiro atoms. The first-order valence-corrected chi connectivity index (χ1v) is 10.1. The highest BCUT2D eigenvalue weighted by Gasteiger charge is 2.50. The number of hydrogen-bond acceptors (Lipinski definition) is 2. The number of carbonyl (C=O) groups is 1. The molecule has 4 bridgehead atoms. The molecule has 2 nitrogen and oxygen atoms in total. The Kier molecular flexibility index (Phi) is 3.74. The number of carbonyl (C=O) groups excluding carboxylic acids is 1. The monoisotopic (exact) mass is 431 g/mol. The van der Waals surface area contributed by atoms with E-state index in [0.29, 0.717) is 6.04 Å². The minimum atomic E-state index is 0.182. The molecule has 21 heavy (non-hydrogen) atoms. The van der Waals surface area contributed by atoms with Crippen LogP contribution in [0.2, 0.25) is 0 Å². The van der Waals surface area contributed by atoms with Gasteiger partial charge in [0.25, 0.3) is 5.91 Å². The van der Waals surface area contributed by atoms with Crippen molar-refractivity contribution in [3.05, 3.63) is 19.2 Å². The number of halogens is 2. The number of hydrogen-bond donors (Lipinski definition) is 0. The summed E-state index contributed by atoms with van der Waals surface area (Å²) in [6.45, 7) is 0. The molecule has 0 aromatic carbocycles. The second-order valence-corrected chi connectivity index (χ2v) is 10.8. The molecule has 0 unspecified atom stereocenters. The SMILES string of the molecule is CN(C(=O)c1cc(Br)sc1Br)C1C2CC3CC(C2)CC1C3. The Bertz CT molecular complexity index is 557. The number of rotatable bonds is 2. The highest BCUT2D eigenvalue weighted by Crippen LogP contribution is 2.55. The number of amides is 1. The summed E-state index contributed by atoms with van der Waals surface area (Å²) in [5, 5.41) is 0. The summed E-state index contributed by atoms with van der Waals surface area (Å²) in [6.07, 6.45) is 6.86. The van der Waals surface area contributed by atoms with E-state index in [4.69, 9.17) is 0 Å². The lowest BCUT2D eigenvalue weighted by molar-refractivity contribution is -0.0491. The van der Waals surface area contributed by atoms with Crippen LogP contribution in [-0.2, 0) is 0 Å². The summed E-state index contributed by atoms with van der Waals surface area (Å²) < 4.78 is 1.95. The summed E-state index contributed by atoms with van der Waals surface area (Å²) in [6, 6.07) is 2.42. The minimum Gasteiger partial charge on any atom is -0.338 e. The maximum Gasteiger partial charge on any atom is 0.255 e. The van der Waals surface area contributed by atoms with Crippen molar-refractivity contribution in [2.24, 2.45) is 23.7 Å². The van der Waals surface area contributed by atoms with E-state index in [0.717, 1.165) is 36.8 Å². The van der Waals surface area contributed by atoms with Gasteiger partial charge in [0.2, 0.25) is 0 Å². The molecule has 0 N–H and O–H groups in total. The summed E-state index contributed by atoms with van der Waals surface area (Å²) in [5.41, 5.74) is 0.809. The Balaban J connectivity index is 1.58. The fourth-order valence-corrected chi connectivity index (χ4v) is 8.12. The Morgan fingerprint density at radius 3 is 2.19 bits per heavy atom. The Morgan fingerprint density at radius 2 is 1.71 bits per heavy atom. The van der Waals surface area contributed by atoms with Gasteiger partial charge in [-0.05, 0) is 93.7 Å². The van der Waals surface area contributed by atoms with E-state index in [1.807, 2.05) is 13.1 Å². The van der Waals surface area contributed by atoms with Crippen molar-refractivity contribution in [1.29, 1.82) is 0 Å². The van der Waals surface area contributed by atoms with E-state index in [-0.39, 0.29) is 5.91 Å². The van der Waals surface area contributed by atoms with Crippen molar-refractivity contribution in [2.75, 3.05) is 7.05 Å². The molecule has 1 heterocycles. The van der Waals surface area contributed by atoms with E-state index >= 15 is 0 Å². The highest BCUT2D eigenvalue weighted by molar-refractivity contribution is 9.12. The molecule has 4 saturated carbocycles. The smallest absolute Gasteiger partial charge is 0.255 e. The van der Waals surface area contributed by atoms with Crippen LogP contribution in [0, 0.1) is 23.7 Å². The molecule has 0 aliphatic heterocycles. The standard InChI is InChI=1S/C16H19Br2NOS/c1-19(16(20)12-7-13(17)21-15(12)18)14-10-3-8-2-9(5-10)6-11(14)4-8/h7-11,14H,2-6H2,1H3. The van der Waals surface area contributed by atoms with E-state index in [1.54, 1.807) is 11.3 Å². The van der Waals surface area contributed by atoms with Gasteiger partial charge in [-0.3, -0.25) is 4.79 Å². The van der Waals surface area contributed by atoms with Gasteiger partial charge >= 0.3 is 0 Å². The predicted octanol–water partition coefficient (Wildman–Crippen LogP) is 5.17. The predicted molar refractivity (Wildman–Crippen MR) is 92.6 cm³/mol. The van der Waals surface area contributed by atoms with Crippen molar-refractivity contribution in [2.45, 2.75) is 38.1 Å². The van der Waals surface area contributed by atoms with Crippen molar-refractivity contribution in [3.8, 4) is 0 Å². The quantitative estimate of drug-likeness (QED) is 0.631. The van der Waals surface area contributed by atoms with Crippen molar-refractivity contribution < 1.29 is 4.79 Å². The molecule has 4 fully saturated rings. The van der Waals surface area contributed by atoms with Crippen LogP contribution < -0.4 is 0 Å². The van der Waals surface area contributed by atoms with Crippen LogP contribution in [0.3, 0.4) is 0 Å². The van der Waals surface area contributed by atoms with Gasteiger partial charge < -0.3 is 4.90 Å². The van der Waals surface area contributed by atoms with Crippen LogP contribution in [0.4, 0.5) is 0 Å². The van der Waals surface area contributed by atoms with Crippen molar-refractivity contribution in [1.82, 2.24) is 4.90 Å². The second kappa shape index (κ2) is 5.34. The van der Waals surface area contributed by atoms with Gasteiger partial charge in [-0.25, -0.2) is 0 Å². The normalized spacial score (nSPS) is 37.0. The third-order valence-corrected chi connectivity index (χ3v) is 8.17. The molecule has 0 atom stereocenters. The highest BCUT2D eigenvalue weighted by atomic mass is 79.9. The topological polar surface area (TPSA) is 20.3 Å². The van der Waals surface area contributed by atoms with Gasteiger partial charge in [0, 0.05) is 13.1 Å². The molecule has 1 aromatic rings. The molecule has 114 valence electrons. The zero-order valence-electron chi connectivity index (χ0n) is 12.0. The van der Waals surface area contributed by atoms with Crippen LogP contribution in [0.5, 0.6) is 0 Å². The van der Waals surface area contributed by atoms with Crippen LogP contribution in [0.1, 0.15) is 42.5 Å². The number of thiophene rings is 1. The lowest BCUT2D eigenvalue weighted by Gasteiger charge is -2.56. The lowest BCUT2D eigenvalue weighted by atomic mass is 9.54. The first kappa shape index (κ1) is 14.7. The Morgan fingerprint density at radius 1 is 1.14 bits per heavy atom. The van der Waals surface area contributed by atoms with Gasteiger partial charge in [0.1, 0.15) is 0 Å². The van der Waals surface area contributed by atoms with Crippen molar-refractivity contribution >= 4 is 49.1 Å². The van der Waals surface area contributed by atoms with Gasteiger partial charge in [-0.15, -0.1) is 11.3 Å². The lowest BCUT2D eigenvalue weighted by Crippen LogP contribution is -2.56. The van der Waals surface area contributed by atoms with Gasteiger partial charge in [-0.2, -0.15) is 0 Å². The molecule has 4 aliphatic rings.